The molecule has 7 heteroatoms. The van der Waals surface area contributed by atoms with Gasteiger partial charge in [0.2, 0.25) is 0 Å². The van der Waals surface area contributed by atoms with Crippen LogP contribution < -0.4 is 0 Å². The molecule has 0 N–H and O–H groups in total. The molecule has 0 aliphatic rings. The number of halogens is 1. The molecule has 4 aromatic rings. The van der Waals surface area contributed by atoms with Crippen LogP contribution in [0.3, 0.4) is 0 Å². The van der Waals surface area contributed by atoms with Gasteiger partial charge in [-0.15, -0.1) is 16.4 Å². The third-order valence-electron chi connectivity index (χ3n) is 4.14. The van der Waals surface area contributed by atoms with Crippen molar-refractivity contribution in [2.24, 2.45) is 0 Å². The standard InChI is InChI=1S/C19H16FN5S/c1-2-13-11-16(19-22-8-10-26-19)23-24-17(13)12-25-9-7-21-18(25)14-5-3-4-6-15(14)20/h3-11H,2,12H2,1H3. The fraction of sp³-hybridized carbons (Fsp3) is 0.158. The molecule has 0 radical (unpaired) electrons. The topological polar surface area (TPSA) is 56.5 Å². The molecule has 3 heterocycles. The average molecular weight is 365 g/mol. The molecule has 0 bridgehead atoms. The van der Waals surface area contributed by atoms with Crippen LogP contribution in [0.1, 0.15) is 18.2 Å². The summed E-state index contributed by atoms with van der Waals surface area (Å²) in [4.78, 5) is 8.61. The van der Waals surface area contributed by atoms with E-state index in [0.717, 1.165) is 28.4 Å². The van der Waals surface area contributed by atoms with E-state index >= 15 is 0 Å². The van der Waals surface area contributed by atoms with Gasteiger partial charge < -0.3 is 4.57 Å². The Hall–Kier alpha value is -2.93. The second kappa shape index (κ2) is 7.13. The van der Waals surface area contributed by atoms with E-state index in [1.54, 1.807) is 30.6 Å². The van der Waals surface area contributed by atoms with Gasteiger partial charge in [0.05, 0.1) is 17.8 Å². The Morgan fingerprint density at radius 3 is 2.77 bits per heavy atom. The second-order valence-electron chi connectivity index (χ2n) is 5.75. The summed E-state index contributed by atoms with van der Waals surface area (Å²) in [5.41, 5.74) is 3.20. The van der Waals surface area contributed by atoms with Crippen molar-refractivity contribution in [3.8, 4) is 22.1 Å². The van der Waals surface area contributed by atoms with E-state index in [1.165, 1.54) is 17.4 Å². The zero-order valence-corrected chi connectivity index (χ0v) is 14.9. The Labute approximate surface area is 154 Å². The molecular formula is C19H16FN5S. The fourth-order valence-electron chi connectivity index (χ4n) is 2.83. The van der Waals surface area contributed by atoms with Crippen molar-refractivity contribution in [3.63, 3.8) is 0 Å². The van der Waals surface area contributed by atoms with E-state index < -0.39 is 0 Å². The minimum Gasteiger partial charge on any atom is -0.325 e. The number of hydrogen-bond acceptors (Lipinski definition) is 5. The monoisotopic (exact) mass is 365 g/mol. The van der Waals surface area contributed by atoms with E-state index in [4.69, 9.17) is 0 Å². The van der Waals surface area contributed by atoms with E-state index in [1.807, 2.05) is 22.2 Å². The molecule has 26 heavy (non-hydrogen) atoms. The maximum atomic E-state index is 14.1. The first-order chi connectivity index (χ1) is 12.8. The summed E-state index contributed by atoms with van der Waals surface area (Å²) in [5.74, 6) is 0.289. The third kappa shape index (κ3) is 3.13. The predicted molar refractivity (Wildman–Crippen MR) is 99.2 cm³/mol. The molecule has 0 spiro atoms. The summed E-state index contributed by atoms with van der Waals surface area (Å²) < 4.78 is 16.0. The van der Waals surface area contributed by atoms with Gasteiger partial charge in [-0.3, -0.25) is 0 Å². The molecule has 3 aromatic heterocycles. The minimum atomic E-state index is -0.291. The molecule has 0 fully saturated rings. The molecule has 0 aliphatic heterocycles. The quantitative estimate of drug-likeness (QED) is 0.531. The second-order valence-corrected chi connectivity index (χ2v) is 6.65. The molecule has 4 rings (SSSR count). The Morgan fingerprint density at radius 1 is 1.12 bits per heavy atom. The van der Waals surface area contributed by atoms with E-state index in [2.05, 4.69) is 27.1 Å². The highest BCUT2D eigenvalue weighted by atomic mass is 32.1. The number of nitrogens with zero attached hydrogens (tertiary/aromatic N) is 5. The summed E-state index contributed by atoms with van der Waals surface area (Å²) in [6.07, 6.45) is 6.09. The molecule has 0 atom stereocenters. The van der Waals surface area contributed by atoms with Crippen molar-refractivity contribution < 1.29 is 4.39 Å². The van der Waals surface area contributed by atoms with Gasteiger partial charge >= 0.3 is 0 Å². The molecule has 1 aromatic carbocycles. The Kier molecular flexibility index (Phi) is 4.53. The molecule has 0 amide bonds. The van der Waals surface area contributed by atoms with Crippen molar-refractivity contribution in [1.29, 1.82) is 0 Å². The number of hydrogen-bond donors (Lipinski definition) is 0. The molecular weight excluding hydrogens is 349 g/mol. The van der Waals surface area contributed by atoms with E-state index in [0.29, 0.717) is 17.9 Å². The van der Waals surface area contributed by atoms with Crippen LogP contribution in [0, 0.1) is 5.82 Å². The summed E-state index contributed by atoms with van der Waals surface area (Å²) >= 11 is 1.54. The van der Waals surface area contributed by atoms with Crippen molar-refractivity contribution >= 4 is 11.3 Å². The highest BCUT2D eigenvalue weighted by Crippen LogP contribution is 2.24. The summed E-state index contributed by atoms with van der Waals surface area (Å²) in [7, 11) is 0. The number of aromatic nitrogens is 5. The number of aryl methyl sites for hydroxylation is 1. The Morgan fingerprint density at radius 2 is 2.00 bits per heavy atom. The van der Waals surface area contributed by atoms with Gasteiger partial charge in [0.15, 0.2) is 0 Å². The van der Waals surface area contributed by atoms with Crippen LogP contribution in [0.25, 0.3) is 22.1 Å². The lowest BCUT2D eigenvalue weighted by molar-refractivity contribution is 0.627. The highest BCUT2D eigenvalue weighted by Gasteiger charge is 2.14. The Balaban J connectivity index is 1.69. The number of benzene rings is 1. The van der Waals surface area contributed by atoms with Gasteiger partial charge in [-0.25, -0.2) is 14.4 Å². The molecule has 130 valence electrons. The molecule has 0 aliphatic carbocycles. The third-order valence-corrected chi connectivity index (χ3v) is 4.94. The number of rotatable bonds is 5. The van der Waals surface area contributed by atoms with Crippen LogP contribution in [-0.4, -0.2) is 24.7 Å². The lowest BCUT2D eigenvalue weighted by atomic mass is 10.1. The molecule has 0 saturated carbocycles. The maximum absolute atomic E-state index is 14.1. The van der Waals surface area contributed by atoms with Crippen molar-refractivity contribution in [2.45, 2.75) is 19.9 Å². The zero-order valence-electron chi connectivity index (χ0n) is 14.1. The first-order valence-electron chi connectivity index (χ1n) is 8.27. The largest absolute Gasteiger partial charge is 0.325 e. The van der Waals surface area contributed by atoms with E-state index in [9.17, 15) is 4.39 Å². The van der Waals surface area contributed by atoms with Gasteiger partial charge in [-0.2, -0.15) is 5.10 Å². The van der Waals surface area contributed by atoms with E-state index in [-0.39, 0.29) is 5.82 Å². The summed E-state index contributed by atoms with van der Waals surface area (Å²) in [6, 6.07) is 8.67. The van der Waals surface area contributed by atoms with Gasteiger partial charge in [-0.05, 0) is 30.2 Å². The van der Waals surface area contributed by atoms with Crippen LogP contribution in [0.2, 0.25) is 0 Å². The Bertz CT molecular complexity index is 1030. The SMILES string of the molecule is CCc1cc(-c2nccs2)nnc1Cn1ccnc1-c1ccccc1F. The lowest BCUT2D eigenvalue weighted by Gasteiger charge is -2.11. The lowest BCUT2D eigenvalue weighted by Crippen LogP contribution is -2.08. The van der Waals surface area contributed by atoms with Gasteiger partial charge in [0, 0.05) is 24.0 Å². The smallest absolute Gasteiger partial charge is 0.143 e. The average Bonchev–Trinajstić information content (AvgIpc) is 3.35. The normalized spacial score (nSPS) is 11.0. The minimum absolute atomic E-state index is 0.291. The number of thiazole rings is 1. The van der Waals surface area contributed by atoms with Crippen LogP contribution in [0.4, 0.5) is 4.39 Å². The van der Waals surface area contributed by atoms with Gasteiger partial charge in [0.25, 0.3) is 0 Å². The molecule has 5 nitrogen and oxygen atoms in total. The van der Waals surface area contributed by atoms with Crippen molar-refractivity contribution in [2.75, 3.05) is 0 Å². The zero-order chi connectivity index (χ0) is 17.9. The van der Waals surface area contributed by atoms with Crippen molar-refractivity contribution in [1.82, 2.24) is 24.7 Å². The summed E-state index contributed by atoms with van der Waals surface area (Å²) in [5, 5.41) is 11.5. The van der Waals surface area contributed by atoms with Crippen LogP contribution in [0.15, 0.2) is 54.3 Å². The van der Waals surface area contributed by atoms with Gasteiger partial charge in [0.1, 0.15) is 22.3 Å². The predicted octanol–water partition coefficient (Wildman–Crippen LogP) is 4.21. The molecule has 0 saturated heterocycles. The fourth-order valence-corrected chi connectivity index (χ4v) is 3.43. The van der Waals surface area contributed by atoms with Crippen LogP contribution in [0.5, 0.6) is 0 Å². The number of imidazole rings is 1. The van der Waals surface area contributed by atoms with Crippen molar-refractivity contribution in [3.05, 3.63) is 71.4 Å². The van der Waals surface area contributed by atoms with Crippen LogP contribution in [-0.2, 0) is 13.0 Å². The maximum Gasteiger partial charge on any atom is 0.143 e. The van der Waals surface area contributed by atoms with Crippen LogP contribution >= 0.6 is 11.3 Å². The highest BCUT2D eigenvalue weighted by molar-refractivity contribution is 7.13. The van der Waals surface area contributed by atoms with Gasteiger partial charge in [-0.1, -0.05) is 19.1 Å². The molecule has 0 unspecified atom stereocenters. The first-order valence-corrected chi connectivity index (χ1v) is 9.15. The first kappa shape index (κ1) is 16.5. The summed E-state index contributed by atoms with van der Waals surface area (Å²) in [6.45, 7) is 2.57.